The van der Waals surface area contributed by atoms with Crippen molar-refractivity contribution in [3.8, 4) is 0 Å². The molecule has 1 N–H and O–H groups in total. The largest absolute Gasteiger partial charge is 0.332 e. The normalized spacial score (nSPS) is 20.6. The van der Waals surface area contributed by atoms with E-state index in [0.29, 0.717) is 6.04 Å². The second-order valence-corrected chi connectivity index (χ2v) is 4.07. The lowest BCUT2D eigenvalue weighted by Gasteiger charge is -2.02. The van der Waals surface area contributed by atoms with Crippen molar-refractivity contribution < 1.29 is 0 Å². The second kappa shape index (κ2) is 4.41. The average Bonchev–Trinajstić information content (AvgIpc) is 2.67. The maximum Gasteiger partial charge on any atom is 0.161 e. The molecule has 1 aliphatic heterocycles. The molecule has 5 heteroatoms. The van der Waals surface area contributed by atoms with Gasteiger partial charge in [0, 0.05) is 5.75 Å². The van der Waals surface area contributed by atoms with Crippen LogP contribution >= 0.6 is 11.8 Å². The number of hydrogen-bond donors (Lipinski definition) is 1. The number of aliphatic imine (C=N–C) groups is 1. The van der Waals surface area contributed by atoms with Crippen LogP contribution in [-0.4, -0.2) is 26.9 Å². The molecule has 0 radical (unpaired) electrons. The van der Waals surface area contributed by atoms with Crippen LogP contribution in [0.4, 0.5) is 5.69 Å². The third-order valence-electron chi connectivity index (χ3n) is 2.00. The fourth-order valence-corrected chi connectivity index (χ4v) is 2.25. The van der Waals surface area contributed by atoms with Crippen molar-refractivity contribution in [3.63, 3.8) is 0 Å². The van der Waals surface area contributed by atoms with E-state index in [2.05, 4.69) is 27.2 Å². The van der Waals surface area contributed by atoms with Crippen molar-refractivity contribution in [2.75, 3.05) is 11.1 Å². The van der Waals surface area contributed by atoms with Crippen molar-refractivity contribution in [1.82, 2.24) is 9.97 Å². The predicted molar refractivity (Wildman–Crippen MR) is 59.6 cm³/mol. The third kappa shape index (κ3) is 2.23. The maximum atomic E-state index is 4.51. The van der Waals surface area contributed by atoms with Crippen LogP contribution in [0, 0.1) is 0 Å². The van der Waals surface area contributed by atoms with E-state index in [1.165, 1.54) is 6.33 Å². The Morgan fingerprint density at radius 3 is 2.93 bits per heavy atom. The van der Waals surface area contributed by atoms with E-state index in [0.717, 1.165) is 23.0 Å². The van der Waals surface area contributed by atoms with Gasteiger partial charge in [-0.2, -0.15) is 0 Å². The predicted octanol–water partition coefficient (Wildman–Crippen LogP) is 1.77. The number of hydrogen-bond acceptors (Lipinski definition) is 5. The SMILES string of the molecule is CCC1CSC(Nc2cncnc2)=N1. The molecule has 1 unspecified atom stereocenters. The van der Waals surface area contributed by atoms with Crippen LogP contribution in [0.5, 0.6) is 0 Å². The van der Waals surface area contributed by atoms with Gasteiger partial charge >= 0.3 is 0 Å². The lowest BCUT2D eigenvalue weighted by molar-refractivity contribution is 0.738. The summed E-state index contributed by atoms with van der Waals surface area (Å²) in [5.74, 6) is 1.08. The summed E-state index contributed by atoms with van der Waals surface area (Å²) in [5.41, 5.74) is 0.899. The summed E-state index contributed by atoms with van der Waals surface area (Å²) in [5, 5.41) is 4.17. The molecule has 1 aromatic heterocycles. The van der Waals surface area contributed by atoms with E-state index in [9.17, 15) is 0 Å². The van der Waals surface area contributed by atoms with E-state index in [-0.39, 0.29) is 0 Å². The highest BCUT2D eigenvalue weighted by molar-refractivity contribution is 8.14. The van der Waals surface area contributed by atoms with Gasteiger partial charge in [0.1, 0.15) is 6.33 Å². The maximum absolute atomic E-state index is 4.51. The molecule has 0 aliphatic carbocycles. The van der Waals surface area contributed by atoms with Gasteiger partial charge in [0.15, 0.2) is 5.17 Å². The molecular weight excluding hydrogens is 196 g/mol. The molecule has 2 rings (SSSR count). The molecule has 0 spiro atoms. The Morgan fingerprint density at radius 2 is 2.29 bits per heavy atom. The molecule has 0 bridgehead atoms. The van der Waals surface area contributed by atoms with Crippen molar-refractivity contribution >= 4 is 22.6 Å². The Morgan fingerprint density at radius 1 is 1.50 bits per heavy atom. The van der Waals surface area contributed by atoms with E-state index < -0.39 is 0 Å². The molecule has 1 atom stereocenters. The molecular formula is C9H12N4S. The number of rotatable bonds is 2. The Balaban J connectivity index is 1.99. The minimum atomic E-state index is 0.465. The topological polar surface area (TPSA) is 50.2 Å². The zero-order valence-electron chi connectivity index (χ0n) is 7.97. The zero-order valence-corrected chi connectivity index (χ0v) is 8.79. The number of aromatic nitrogens is 2. The summed E-state index contributed by atoms with van der Waals surface area (Å²) < 4.78 is 0. The van der Waals surface area contributed by atoms with Crippen LogP contribution in [0.25, 0.3) is 0 Å². The Bertz CT molecular complexity index is 325. The third-order valence-corrected chi connectivity index (χ3v) is 3.03. The number of nitrogens with one attached hydrogen (secondary N) is 1. The molecule has 1 aromatic rings. The van der Waals surface area contributed by atoms with Crippen molar-refractivity contribution in [1.29, 1.82) is 0 Å². The lowest BCUT2D eigenvalue weighted by atomic mass is 10.3. The van der Waals surface area contributed by atoms with Gasteiger partial charge in [0.2, 0.25) is 0 Å². The Kier molecular flexibility index (Phi) is 2.98. The first-order valence-electron chi connectivity index (χ1n) is 4.61. The fraction of sp³-hybridized carbons (Fsp3) is 0.444. The van der Waals surface area contributed by atoms with Crippen LogP contribution in [0.2, 0.25) is 0 Å². The molecule has 74 valence electrons. The highest BCUT2D eigenvalue weighted by Gasteiger charge is 2.16. The van der Waals surface area contributed by atoms with Gasteiger partial charge in [0.25, 0.3) is 0 Å². The molecule has 0 saturated carbocycles. The van der Waals surface area contributed by atoms with Crippen LogP contribution in [0.15, 0.2) is 23.7 Å². The first-order chi connectivity index (χ1) is 6.88. The summed E-state index contributed by atoms with van der Waals surface area (Å²) >= 11 is 1.75. The van der Waals surface area contributed by atoms with Gasteiger partial charge < -0.3 is 5.32 Å². The molecule has 4 nitrogen and oxygen atoms in total. The van der Waals surface area contributed by atoms with Gasteiger partial charge in [-0.25, -0.2) is 9.97 Å². The summed E-state index contributed by atoms with van der Waals surface area (Å²) in [6, 6.07) is 0.465. The van der Waals surface area contributed by atoms with Crippen LogP contribution in [-0.2, 0) is 0 Å². The van der Waals surface area contributed by atoms with E-state index in [1.54, 1.807) is 24.2 Å². The van der Waals surface area contributed by atoms with E-state index >= 15 is 0 Å². The van der Waals surface area contributed by atoms with Gasteiger partial charge in [-0.15, -0.1) is 0 Å². The first kappa shape index (κ1) is 9.45. The van der Waals surface area contributed by atoms with Crippen LogP contribution in [0.3, 0.4) is 0 Å². The molecule has 0 aromatic carbocycles. The highest BCUT2D eigenvalue weighted by atomic mass is 32.2. The highest BCUT2D eigenvalue weighted by Crippen LogP contribution is 2.20. The minimum Gasteiger partial charge on any atom is -0.332 e. The quantitative estimate of drug-likeness (QED) is 0.804. The van der Waals surface area contributed by atoms with E-state index in [4.69, 9.17) is 0 Å². The number of amidine groups is 1. The van der Waals surface area contributed by atoms with Gasteiger partial charge in [-0.05, 0) is 6.42 Å². The van der Waals surface area contributed by atoms with Crippen molar-refractivity contribution in [2.24, 2.45) is 4.99 Å². The van der Waals surface area contributed by atoms with Gasteiger partial charge in [-0.1, -0.05) is 18.7 Å². The number of thioether (sulfide) groups is 1. The Labute approximate surface area is 87.3 Å². The van der Waals surface area contributed by atoms with E-state index in [1.807, 2.05) is 0 Å². The van der Waals surface area contributed by atoms with Crippen LogP contribution in [0.1, 0.15) is 13.3 Å². The minimum absolute atomic E-state index is 0.465. The zero-order chi connectivity index (χ0) is 9.80. The lowest BCUT2D eigenvalue weighted by Crippen LogP contribution is -2.05. The second-order valence-electron chi connectivity index (χ2n) is 3.06. The van der Waals surface area contributed by atoms with Gasteiger partial charge in [0.05, 0.1) is 24.1 Å². The summed E-state index contributed by atoms with van der Waals surface area (Å²) in [4.78, 5) is 12.4. The molecule has 2 heterocycles. The smallest absolute Gasteiger partial charge is 0.161 e. The number of anilines is 1. The summed E-state index contributed by atoms with van der Waals surface area (Å²) in [6.07, 6.45) is 6.11. The molecule has 0 fully saturated rings. The van der Waals surface area contributed by atoms with Gasteiger partial charge in [-0.3, -0.25) is 4.99 Å². The average molecular weight is 208 g/mol. The summed E-state index contributed by atoms with van der Waals surface area (Å²) in [7, 11) is 0. The number of nitrogens with zero attached hydrogens (tertiary/aromatic N) is 3. The molecule has 0 amide bonds. The monoisotopic (exact) mass is 208 g/mol. The first-order valence-corrected chi connectivity index (χ1v) is 5.59. The standard InChI is InChI=1S/C9H12N4S/c1-2-7-5-14-9(12-7)13-8-3-10-6-11-4-8/h3-4,6-7H,2,5H2,1H3,(H,12,13). The fourth-order valence-electron chi connectivity index (χ4n) is 1.18. The van der Waals surface area contributed by atoms with Crippen molar-refractivity contribution in [3.05, 3.63) is 18.7 Å². The molecule has 1 aliphatic rings. The summed E-state index contributed by atoms with van der Waals surface area (Å²) in [6.45, 7) is 2.16. The molecule has 14 heavy (non-hydrogen) atoms. The molecule has 0 saturated heterocycles. The van der Waals surface area contributed by atoms with Crippen LogP contribution < -0.4 is 5.32 Å². The Hall–Kier alpha value is -1.10. The van der Waals surface area contributed by atoms with Crippen molar-refractivity contribution in [2.45, 2.75) is 19.4 Å².